The number of hydrogen-bond donors (Lipinski definition) is 0. The van der Waals surface area contributed by atoms with Gasteiger partial charge in [-0.1, -0.05) is 35.9 Å². The Morgan fingerprint density at radius 3 is 2.38 bits per heavy atom. The van der Waals surface area contributed by atoms with Gasteiger partial charge in [-0.15, -0.1) is 0 Å². The van der Waals surface area contributed by atoms with E-state index in [2.05, 4.69) is 6.07 Å². The van der Waals surface area contributed by atoms with Crippen LogP contribution in [0.5, 0.6) is 23.0 Å². The Kier molecular flexibility index (Phi) is 5.31. The van der Waals surface area contributed by atoms with Gasteiger partial charge < -0.3 is 18.9 Å². The summed E-state index contributed by atoms with van der Waals surface area (Å²) in [7, 11) is 4.90. The molecule has 0 aromatic heterocycles. The van der Waals surface area contributed by atoms with Gasteiger partial charge in [-0.25, -0.2) is 5.01 Å². The van der Waals surface area contributed by atoms with Crippen LogP contribution in [0.25, 0.3) is 0 Å². The Morgan fingerprint density at radius 2 is 1.66 bits per heavy atom. The third kappa shape index (κ3) is 3.41. The number of halogens is 1. The van der Waals surface area contributed by atoms with Crippen molar-refractivity contribution in [2.45, 2.75) is 18.7 Å². The van der Waals surface area contributed by atoms with Gasteiger partial charge in [0.2, 0.25) is 6.23 Å². The normalized spacial score (nSPS) is 18.9. The largest absolute Gasteiger partial charge is 0.493 e. The molecule has 3 aromatic rings. The second kappa shape index (κ2) is 8.28. The standard InChI is InChI=1S/C25H23ClN2O4/c1-29-21-12-9-16(13-23(21)31-3)25-28-20(18-5-4-6-22(30-2)24(18)32-25)14-19(27-28)15-7-10-17(26)11-8-15/h4-13,20,25H,14H2,1-3H3/t20-,25+/m0/s1. The topological polar surface area (TPSA) is 52.5 Å². The number of benzene rings is 3. The molecule has 32 heavy (non-hydrogen) atoms. The number of hydrazone groups is 1. The molecule has 0 N–H and O–H groups in total. The van der Waals surface area contributed by atoms with E-state index in [-0.39, 0.29) is 6.04 Å². The minimum absolute atomic E-state index is 0.0117. The molecule has 2 heterocycles. The maximum absolute atomic E-state index is 6.51. The molecular weight excluding hydrogens is 428 g/mol. The lowest BCUT2D eigenvalue weighted by atomic mass is 9.95. The van der Waals surface area contributed by atoms with Crippen LogP contribution in [0.15, 0.2) is 65.8 Å². The highest BCUT2D eigenvalue weighted by atomic mass is 35.5. The number of para-hydroxylation sites is 1. The molecule has 0 bridgehead atoms. The Morgan fingerprint density at radius 1 is 0.906 bits per heavy atom. The summed E-state index contributed by atoms with van der Waals surface area (Å²) in [5.74, 6) is 2.74. The fourth-order valence-electron chi connectivity index (χ4n) is 4.29. The minimum atomic E-state index is -0.451. The van der Waals surface area contributed by atoms with Gasteiger partial charge >= 0.3 is 0 Å². The molecule has 0 saturated heterocycles. The molecule has 0 aliphatic carbocycles. The Labute approximate surface area is 191 Å². The van der Waals surface area contributed by atoms with Crippen molar-refractivity contribution in [1.29, 1.82) is 0 Å². The summed E-state index contributed by atoms with van der Waals surface area (Å²) in [6.45, 7) is 0. The van der Waals surface area contributed by atoms with E-state index >= 15 is 0 Å². The highest BCUT2D eigenvalue weighted by molar-refractivity contribution is 6.30. The zero-order chi connectivity index (χ0) is 22.2. The van der Waals surface area contributed by atoms with Crippen LogP contribution in [-0.4, -0.2) is 32.0 Å². The van der Waals surface area contributed by atoms with Gasteiger partial charge in [0.1, 0.15) is 0 Å². The average molecular weight is 451 g/mol. The lowest BCUT2D eigenvalue weighted by molar-refractivity contribution is -0.0210. The fraction of sp³-hybridized carbons (Fsp3) is 0.240. The molecule has 2 aliphatic rings. The van der Waals surface area contributed by atoms with Gasteiger partial charge in [0, 0.05) is 22.6 Å². The van der Waals surface area contributed by atoms with Crippen molar-refractivity contribution in [2.24, 2.45) is 5.10 Å². The molecule has 0 spiro atoms. The molecule has 5 rings (SSSR count). The van der Waals surface area contributed by atoms with E-state index in [1.54, 1.807) is 21.3 Å². The summed E-state index contributed by atoms with van der Waals surface area (Å²) in [4.78, 5) is 0. The van der Waals surface area contributed by atoms with Gasteiger partial charge in [-0.05, 0) is 42.0 Å². The summed E-state index contributed by atoms with van der Waals surface area (Å²) >= 11 is 6.09. The number of fused-ring (bicyclic) bond motifs is 3. The van der Waals surface area contributed by atoms with Crippen molar-refractivity contribution in [1.82, 2.24) is 5.01 Å². The second-order valence-corrected chi connectivity index (χ2v) is 8.05. The van der Waals surface area contributed by atoms with Crippen molar-refractivity contribution < 1.29 is 18.9 Å². The minimum Gasteiger partial charge on any atom is -0.493 e. The first-order chi connectivity index (χ1) is 15.6. The number of hydrogen-bond acceptors (Lipinski definition) is 6. The van der Waals surface area contributed by atoms with E-state index in [0.717, 1.165) is 34.6 Å². The van der Waals surface area contributed by atoms with E-state index in [9.17, 15) is 0 Å². The van der Waals surface area contributed by atoms with Crippen molar-refractivity contribution in [3.8, 4) is 23.0 Å². The molecule has 7 heteroatoms. The number of methoxy groups -OCH3 is 3. The monoisotopic (exact) mass is 450 g/mol. The van der Waals surface area contributed by atoms with Gasteiger partial charge in [-0.2, -0.15) is 5.10 Å². The Balaban J connectivity index is 1.62. The zero-order valence-corrected chi connectivity index (χ0v) is 18.8. The number of ether oxygens (including phenoxy) is 4. The van der Waals surface area contributed by atoms with Crippen LogP contribution in [0, 0.1) is 0 Å². The second-order valence-electron chi connectivity index (χ2n) is 7.62. The van der Waals surface area contributed by atoms with Crippen LogP contribution >= 0.6 is 11.6 Å². The van der Waals surface area contributed by atoms with E-state index < -0.39 is 6.23 Å². The quantitative estimate of drug-likeness (QED) is 0.505. The highest BCUT2D eigenvalue weighted by Crippen LogP contribution is 2.51. The Bertz CT molecular complexity index is 1180. The maximum Gasteiger partial charge on any atom is 0.214 e. The third-order valence-corrected chi connectivity index (χ3v) is 6.12. The molecular formula is C25H23ClN2O4. The Hall–Kier alpha value is -3.38. The molecule has 0 amide bonds. The molecule has 6 nitrogen and oxygen atoms in total. The van der Waals surface area contributed by atoms with Gasteiger partial charge in [-0.3, -0.25) is 0 Å². The van der Waals surface area contributed by atoms with Crippen molar-refractivity contribution >= 4 is 17.3 Å². The first-order valence-electron chi connectivity index (χ1n) is 10.3. The molecule has 164 valence electrons. The SMILES string of the molecule is COc1ccc([C@H]2Oc3c(OC)cccc3[C@@H]3CC(c4ccc(Cl)cc4)=NN23)cc1OC. The van der Waals surface area contributed by atoms with Crippen LogP contribution in [-0.2, 0) is 0 Å². The summed E-state index contributed by atoms with van der Waals surface area (Å²) in [5.41, 5.74) is 3.98. The van der Waals surface area contributed by atoms with Crippen molar-refractivity contribution in [2.75, 3.05) is 21.3 Å². The molecule has 2 aliphatic heterocycles. The summed E-state index contributed by atoms with van der Waals surface area (Å²) < 4.78 is 23.0. The predicted octanol–water partition coefficient (Wildman–Crippen LogP) is 5.61. The molecule has 0 radical (unpaired) electrons. The number of rotatable bonds is 5. The van der Waals surface area contributed by atoms with Gasteiger partial charge in [0.05, 0.1) is 33.1 Å². The van der Waals surface area contributed by atoms with Crippen LogP contribution in [0.2, 0.25) is 5.02 Å². The van der Waals surface area contributed by atoms with Gasteiger partial charge in [0.25, 0.3) is 0 Å². The zero-order valence-electron chi connectivity index (χ0n) is 18.0. The average Bonchev–Trinajstić information content (AvgIpc) is 3.29. The summed E-state index contributed by atoms with van der Waals surface area (Å²) in [6.07, 6.45) is 0.294. The smallest absolute Gasteiger partial charge is 0.214 e. The fourth-order valence-corrected chi connectivity index (χ4v) is 4.41. The van der Waals surface area contributed by atoms with Crippen LogP contribution in [0.4, 0.5) is 0 Å². The summed E-state index contributed by atoms with van der Waals surface area (Å²) in [5, 5.41) is 7.71. The van der Waals surface area contributed by atoms with E-state index in [1.807, 2.05) is 59.6 Å². The predicted molar refractivity (Wildman–Crippen MR) is 123 cm³/mol. The molecule has 2 atom stereocenters. The first-order valence-corrected chi connectivity index (χ1v) is 10.7. The van der Waals surface area contributed by atoms with Gasteiger partial charge in [0.15, 0.2) is 23.0 Å². The highest BCUT2D eigenvalue weighted by Gasteiger charge is 2.42. The lowest BCUT2D eigenvalue weighted by Crippen LogP contribution is -2.33. The maximum atomic E-state index is 6.51. The van der Waals surface area contributed by atoms with E-state index in [0.29, 0.717) is 22.3 Å². The van der Waals surface area contributed by atoms with Crippen molar-refractivity contribution in [3.05, 3.63) is 82.4 Å². The van der Waals surface area contributed by atoms with Crippen molar-refractivity contribution in [3.63, 3.8) is 0 Å². The van der Waals surface area contributed by atoms with Crippen LogP contribution in [0.1, 0.15) is 35.4 Å². The third-order valence-electron chi connectivity index (χ3n) is 5.87. The van der Waals surface area contributed by atoms with E-state index in [1.165, 1.54) is 0 Å². The summed E-state index contributed by atoms with van der Waals surface area (Å²) in [6, 6.07) is 19.5. The lowest BCUT2D eigenvalue weighted by Gasteiger charge is -2.38. The molecule has 0 saturated carbocycles. The number of nitrogens with zero attached hydrogens (tertiary/aromatic N) is 2. The molecule has 3 aromatic carbocycles. The first kappa shape index (κ1) is 20.5. The molecule has 0 fully saturated rings. The van der Waals surface area contributed by atoms with E-state index in [4.69, 9.17) is 35.6 Å². The van der Waals surface area contributed by atoms with Crippen LogP contribution < -0.4 is 18.9 Å². The molecule has 0 unspecified atom stereocenters. The van der Waals surface area contributed by atoms with Crippen LogP contribution in [0.3, 0.4) is 0 Å².